The molecular weight excluding hydrogens is 360 g/mol. The molecule has 2 aromatic carbocycles. The van der Waals surface area contributed by atoms with Gasteiger partial charge in [-0.15, -0.1) is 0 Å². The number of anilines is 3. The van der Waals surface area contributed by atoms with Crippen LogP contribution in [0, 0.1) is 6.92 Å². The third-order valence-electron chi connectivity index (χ3n) is 4.79. The quantitative estimate of drug-likeness (QED) is 0.454. The van der Waals surface area contributed by atoms with Gasteiger partial charge in [0.15, 0.2) is 0 Å². The van der Waals surface area contributed by atoms with Gasteiger partial charge >= 0.3 is 0 Å². The summed E-state index contributed by atoms with van der Waals surface area (Å²) in [5, 5.41) is 6.88. The Morgan fingerprint density at radius 2 is 1.79 bits per heavy atom. The van der Waals surface area contributed by atoms with Crippen LogP contribution in [0.5, 0.6) is 0 Å². The van der Waals surface area contributed by atoms with Crippen LogP contribution in [0.15, 0.2) is 54.6 Å². The minimum Gasteiger partial charge on any atom is -0.385 e. The fraction of sp³-hybridized carbons (Fsp3) is 0.333. The van der Waals surface area contributed by atoms with Gasteiger partial charge in [0.25, 0.3) is 0 Å². The molecule has 2 N–H and O–H groups in total. The number of aryl methyl sites for hydroxylation is 1. The molecule has 1 aromatic heterocycles. The predicted molar refractivity (Wildman–Crippen MR) is 121 cm³/mol. The first-order valence-electron chi connectivity index (χ1n) is 10.1. The molecule has 29 heavy (non-hydrogen) atoms. The van der Waals surface area contributed by atoms with Crippen LogP contribution in [-0.4, -0.2) is 30.2 Å². The highest BCUT2D eigenvalue weighted by molar-refractivity contribution is 5.69. The molecule has 0 aliphatic heterocycles. The maximum absolute atomic E-state index is 5.14. The van der Waals surface area contributed by atoms with Gasteiger partial charge < -0.3 is 15.4 Å². The summed E-state index contributed by atoms with van der Waals surface area (Å²) < 4.78 is 5.14. The third-order valence-corrected chi connectivity index (χ3v) is 4.79. The number of ether oxygens (including phenoxy) is 1. The summed E-state index contributed by atoms with van der Waals surface area (Å²) in [7, 11) is 1.72. The average molecular weight is 391 g/mol. The van der Waals surface area contributed by atoms with Crippen LogP contribution >= 0.6 is 0 Å². The average Bonchev–Trinajstić information content (AvgIpc) is 2.73. The van der Waals surface area contributed by atoms with Gasteiger partial charge in [0.05, 0.1) is 5.69 Å². The van der Waals surface area contributed by atoms with Crippen LogP contribution in [0.4, 0.5) is 17.5 Å². The number of para-hydroxylation sites is 1. The van der Waals surface area contributed by atoms with Crippen molar-refractivity contribution >= 4 is 17.5 Å². The topological polar surface area (TPSA) is 59.1 Å². The second-order valence-electron chi connectivity index (χ2n) is 7.42. The van der Waals surface area contributed by atoms with E-state index >= 15 is 0 Å². The molecule has 3 rings (SSSR count). The lowest BCUT2D eigenvalue weighted by atomic mass is 9.98. The second-order valence-corrected chi connectivity index (χ2v) is 7.42. The van der Waals surface area contributed by atoms with Crippen molar-refractivity contribution in [1.29, 1.82) is 0 Å². The predicted octanol–water partition coefficient (Wildman–Crippen LogP) is 5.77. The Labute approximate surface area is 173 Å². The molecule has 0 spiro atoms. The Morgan fingerprint density at radius 3 is 2.52 bits per heavy atom. The Bertz CT molecular complexity index is 925. The normalized spacial score (nSPS) is 10.9. The van der Waals surface area contributed by atoms with Crippen molar-refractivity contribution in [3.63, 3.8) is 0 Å². The Hall–Kier alpha value is -2.92. The lowest BCUT2D eigenvalue weighted by Crippen LogP contribution is -2.09. The SMILES string of the molecule is COCCCNc1cc(-c2ccccc2)nc(Nc2c(C)cccc2C(C)C)n1. The maximum Gasteiger partial charge on any atom is 0.229 e. The van der Waals surface area contributed by atoms with E-state index in [0.29, 0.717) is 11.9 Å². The van der Waals surface area contributed by atoms with E-state index in [9.17, 15) is 0 Å². The van der Waals surface area contributed by atoms with Crippen LogP contribution in [0.25, 0.3) is 11.3 Å². The zero-order chi connectivity index (χ0) is 20.6. The van der Waals surface area contributed by atoms with E-state index in [1.54, 1.807) is 7.11 Å². The highest BCUT2D eigenvalue weighted by Crippen LogP contribution is 2.30. The molecule has 0 radical (unpaired) electrons. The Morgan fingerprint density at radius 1 is 1.00 bits per heavy atom. The highest BCUT2D eigenvalue weighted by Gasteiger charge is 2.12. The van der Waals surface area contributed by atoms with E-state index in [1.807, 2.05) is 24.3 Å². The Kier molecular flexibility index (Phi) is 7.19. The highest BCUT2D eigenvalue weighted by atomic mass is 16.5. The fourth-order valence-electron chi connectivity index (χ4n) is 3.24. The van der Waals surface area contributed by atoms with Crippen molar-refractivity contribution in [2.45, 2.75) is 33.1 Å². The molecule has 0 fully saturated rings. The number of hydrogen-bond donors (Lipinski definition) is 2. The fourth-order valence-corrected chi connectivity index (χ4v) is 3.24. The standard InChI is InChI=1S/C24H30N4O/c1-17(2)20-13-8-10-18(3)23(20)28-24-26-21(19-11-6-5-7-12-19)16-22(27-24)25-14-9-15-29-4/h5-8,10-13,16-17H,9,14-15H2,1-4H3,(H2,25,26,27,28). The molecule has 0 atom stereocenters. The summed E-state index contributed by atoms with van der Waals surface area (Å²) in [5.41, 5.74) is 5.47. The van der Waals surface area contributed by atoms with Gasteiger partial charge in [0.2, 0.25) is 5.95 Å². The van der Waals surface area contributed by atoms with Gasteiger partial charge in [-0.2, -0.15) is 4.98 Å². The zero-order valence-corrected chi connectivity index (χ0v) is 17.7. The summed E-state index contributed by atoms with van der Waals surface area (Å²) in [6.07, 6.45) is 0.916. The molecule has 0 bridgehead atoms. The minimum atomic E-state index is 0.404. The second kappa shape index (κ2) is 10.0. The molecular formula is C24H30N4O. The van der Waals surface area contributed by atoms with Gasteiger partial charge in [-0.25, -0.2) is 4.98 Å². The van der Waals surface area contributed by atoms with Crippen molar-refractivity contribution in [3.8, 4) is 11.3 Å². The van der Waals surface area contributed by atoms with Crippen molar-refractivity contribution < 1.29 is 4.74 Å². The van der Waals surface area contributed by atoms with Crippen LogP contribution in [0.3, 0.4) is 0 Å². The summed E-state index contributed by atoms with van der Waals surface area (Å²) in [6.45, 7) is 8.02. The first-order valence-corrected chi connectivity index (χ1v) is 10.1. The van der Waals surface area contributed by atoms with E-state index in [2.05, 4.69) is 61.7 Å². The van der Waals surface area contributed by atoms with Crippen LogP contribution < -0.4 is 10.6 Å². The number of aromatic nitrogens is 2. The molecule has 0 saturated carbocycles. The summed E-state index contributed by atoms with van der Waals surface area (Å²) >= 11 is 0. The molecule has 0 unspecified atom stereocenters. The molecule has 0 amide bonds. The van der Waals surface area contributed by atoms with E-state index < -0.39 is 0 Å². The number of nitrogens with one attached hydrogen (secondary N) is 2. The number of nitrogens with zero attached hydrogens (tertiary/aromatic N) is 2. The molecule has 0 aliphatic rings. The number of rotatable bonds is 9. The Balaban J connectivity index is 1.95. The van der Waals surface area contributed by atoms with Crippen molar-refractivity contribution in [3.05, 3.63) is 65.7 Å². The minimum absolute atomic E-state index is 0.404. The zero-order valence-electron chi connectivity index (χ0n) is 17.7. The van der Waals surface area contributed by atoms with Gasteiger partial charge in [0, 0.05) is 37.6 Å². The third kappa shape index (κ3) is 5.55. The lowest BCUT2D eigenvalue weighted by Gasteiger charge is -2.17. The summed E-state index contributed by atoms with van der Waals surface area (Å²) in [5.74, 6) is 1.80. The molecule has 1 heterocycles. The van der Waals surface area contributed by atoms with Crippen LogP contribution in [0.1, 0.15) is 37.3 Å². The lowest BCUT2D eigenvalue weighted by molar-refractivity contribution is 0.198. The van der Waals surface area contributed by atoms with Crippen LogP contribution in [-0.2, 0) is 4.74 Å². The molecule has 3 aromatic rings. The van der Waals surface area contributed by atoms with Crippen molar-refractivity contribution in [2.24, 2.45) is 0 Å². The summed E-state index contributed by atoms with van der Waals surface area (Å²) in [4.78, 5) is 9.52. The molecule has 0 aliphatic carbocycles. The maximum atomic E-state index is 5.14. The number of methoxy groups -OCH3 is 1. The van der Waals surface area contributed by atoms with E-state index in [-0.39, 0.29) is 0 Å². The molecule has 0 saturated heterocycles. The summed E-state index contributed by atoms with van der Waals surface area (Å²) in [6, 6.07) is 18.5. The molecule has 5 heteroatoms. The van der Waals surface area contributed by atoms with Gasteiger partial charge in [-0.1, -0.05) is 62.4 Å². The monoisotopic (exact) mass is 390 g/mol. The molecule has 152 valence electrons. The van der Waals surface area contributed by atoms with Gasteiger partial charge in [0.1, 0.15) is 5.82 Å². The van der Waals surface area contributed by atoms with E-state index in [1.165, 1.54) is 11.1 Å². The first kappa shape index (κ1) is 20.8. The van der Waals surface area contributed by atoms with Crippen molar-refractivity contribution in [2.75, 3.05) is 30.9 Å². The van der Waals surface area contributed by atoms with E-state index in [0.717, 1.165) is 42.3 Å². The smallest absolute Gasteiger partial charge is 0.229 e. The first-order chi connectivity index (χ1) is 14.1. The van der Waals surface area contributed by atoms with Gasteiger partial charge in [-0.05, 0) is 30.4 Å². The number of benzene rings is 2. The number of hydrogen-bond acceptors (Lipinski definition) is 5. The van der Waals surface area contributed by atoms with Gasteiger partial charge in [-0.3, -0.25) is 0 Å². The van der Waals surface area contributed by atoms with E-state index in [4.69, 9.17) is 14.7 Å². The van der Waals surface area contributed by atoms with Crippen molar-refractivity contribution in [1.82, 2.24) is 9.97 Å². The largest absolute Gasteiger partial charge is 0.385 e. The molecule has 5 nitrogen and oxygen atoms in total. The van der Waals surface area contributed by atoms with Crippen LogP contribution in [0.2, 0.25) is 0 Å².